The molecule has 2 N–H and O–H groups in total. The minimum absolute atomic E-state index is 0.0325. The Bertz CT molecular complexity index is 298. The lowest BCUT2D eigenvalue weighted by Crippen LogP contribution is -2.25. The van der Waals surface area contributed by atoms with Gasteiger partial charge in [0.05, 0.1) is 6.20 Å². The van der Waals surface area contributed by atoms with Crippen molar-refractivity contribution in [3.05, 3.63) is 17.5 Å². The molecule has 1 amide bonds. The van der Waals surface area contributed by atoms with Crippen molar-refractivity contribution in [3.63, 3.8) is 0 Å². The summed E-state index contributed by atoms with van der Waals surface area (Å²) in [7, 11) is 0. The van der Waals surface area contributed by atoms with Crippen molar-refractivity contribution >= 4 is 17.5 Å². The molecule has 0 spiro atoms. The zero-order valence-corrected chi connectivity index (χ0v) is 8.90. The molecule has 1 heterocycles. The molecule has 0 aliphatic rings. The quantitative estimate of drug-likeness (QED) is 0.569. The second-order valence-electron chi connectivity index (χ2n) is 3.11. The summed E-state index contributed by atoms with van der Waals surface area (Å²) >= 11 is 5.33. The number of alkyl halides is 1. The third kappa shape index (κ3) is 3.38. The number of halogens is 1. The first-order chi connectivity index (χ1) is 6.74. The molecule has 5 heteroatoms. The van der Waals surface area contributed by atoms with Gasteiger partial charge in [-0.25, -0.2) is 0 Å². The summed E-state index contributed by atoms with van der Waals surface area (Å²) in [6, 6.07) is 0. The van der Waals surface area contributed by atoms with Crippen LogP contribution in [0, 0.1) is 6.92 Å². The van der Waals surface area contributed by atoms with E-state index in [2.05, 4.69) is 15.5 Å². The number of aryl methyl sites for hydroxylation is 2. The van der Waals surface area contributed by atoms with Crippen LogP contribution in [-0.4, -0.2) is 28.5 Å². The Labute approximate surface area is 88.0 Å². The maximum atomic E-state index is 10.8. The van der Waals surface area contributed by atoms with Gasteiger partial charge in [-0.15, -0.1) is 11.6 Å². The van der Waals surface area contributed by atoms with Crippen LogP contribution in [0.1, 0.15) is 17.7 Å². The Balaban J connectivity index is 2.16. The predicted molar refractivity (Wildman–Crippen MR) is 55.4 cm³/mol. The van der Waals surface area contributed by atoms with Gasteiger partial charge >= 0.3 is 0 Å². The first-order valence-corrected chi connectivity index (χ1v) is 5.09. The lowest BCUT2D eigenvalue weighted by molar-refractivity contribution is -0.118. The van der Waals surface area contributed by atoms with E-state index in [0.717, 1.165) is 18.5 Å². The molecule has 1 aromatic rings. The molecule has 0 atom stereocenters. The summed E-state index contributed by atoms with van der Waals surface area (Å²) in [4.78, 5) is 10.8. The van der Waals surface area contributed by atoms with Crippen LogP contribution in [0.15, 0.2) is 6.20 Å². The summed E-state index contributed by atoms with van der Waals surface area (Å²) in [5.41, 5.74) is 2.29. The number of hydrogen-bond donors (Lipinski definition) is 2. The largest absolute Gasteiger partial charge is 0.355 e. The number of aromatic amines is 1. The average Bonchev–Trinajstić information content (AvgIpc) is 2.58. The van der Waals surface area contributed by atoms with Gasteiger partial charge in [0.2, 0.25) is 5.91 Å². The van der Waals surface area contributed by atoms with Crippen molar-refractivity contribution in [3.8, 4) is 0 Å². The van der Waals surface area contributed by atoms with Crippen LogP contribution < -0.4 is 5.32 Å². The van der Waals surface area contributed by atoms with Crippen molar-refractivity contribution in [2.45, 2.75) is 19.8 Å². The highest BCUT2D eigenvalue weighted by Gasteiger charge is 2.00. The summed E-state index contributed by atoms with van der Waals surface area (Å²) in [5, 5.41) is 9.50. The fraction of sp³-hybridized carbons (Fsp3) is 0.556. The molecule has 0 aromatic carbocycles. The number of rotatable bonds is 5. The van der Waals surface area contributed by atoms with Gasteiger partial charge in [0.25, 0.3) is 0 Å². The van der Waals surface area contributed by atoms with Crippen molar-refractivity contribution in [2.75, 3.05) is 12.4 Å². The maximum absolute atomic E-state index is 10.8. The third-order valence-corrected chi connectivity index (χ3v) is 2.24. The molecule has 1 aromatic heterocycles. The number of H-pyrrole nitrogens is 1. The number of carbonyl (C=O) groups excluding carboxylic acids is 1. The van der Waals surface area contributed by atoms with E-state index in [-0.39, 0.29) is 11.8 Å². The van der Waals surface area contributed by atoms with Gasteiger partial charge in [-0.1, -0.05) is 0 Å². The highest BCUT2D eigenvalue weighted by atomic mass is 35.5. The van der Waals surface area contributed by atoms with Crippen LogP contribution in [0.4, 0.5) is 0 Å². The van der Waals surface area contributed by atoms with Gasteiger partial charge in [-0.05, 0) is 25.3 Å². The van der Waals surface area contributed by atoms with E-state index in [1.54, 1.807) is 0 Å². The lowest BCUT2D eigenvalue weighted by atomic mass is 10.1. The lowest BCUT2D eigenvalue weighted by Gasteiger charge is -2.01. The molecule has 4 nitrogen and oxygen atoms in total. The number of amides is 1. The average molecular weight is 216 g/mol. The summed E-state index contributed by atoms with van der Waals surface area (Å²) in [5.74, 6) is -0.0827. The second kappa shape index (κ2) is 5.65. The summed E-state index contributed by atoms with van der Waals surface area (Å²) in [6.45, 7) is 2.65. The van der Waals surface area contributed by atoms with Gasteiger partial charge in [0.15, 0.2) is 0 Å². The Morgan fingerprint density at radius 3 is 3.07 bits per heavy atom. The molecular formula is C9H14ClN3O. The van der Waals surface area contributed by atoms with Gasteiger partial charge in [0.1, 0.15) is 5.88 Å². The molecule has 0 bridgehead atoms. The Morgan fingerprint density at radius 2 is 2.50 bits per heavy atom. The van der Waals surface area contributed by atoms with E-state index in [4.69, 9.17) is 11.6 Å². The number of carbonyl (C=O) groups is 1. The first kappa shape index (κ1) is 11.0. The number of hydrogen-bond acceptors (Lipinski definition) is 2. The molecule has 0 fully saturated rings. The normalized spacial score (nSPS) is 10.1. The van der Waals surface area contributed by atoms with E-state index in [9.17, 15) is 4.79 Å². The van der Waals surface area contributed by atoms with Crippen LogP contribution >= 0.6 is 11.6 Å². The second-order valence-corrected chi connectivity index (χ2v) is 3.37. The molecule has 0 saturated carbocycles. The SMILES string of the molecule is Cc1[nH]ncc1CCCNC(=O)CCl. The van der Waals surface area contributed by atoms with Crippen molar-refractivity contribution in [2.24, 2.45) is 0 Å². The van der Waals surface area contributed by atoms with Crippen LogP contribution in [0.2, 0.25) is 0 Å². The fourth-order valence-electron chi connectivity index (χ4n) is 1.18. The predicted octanol–water partition coefficient (Wildman–Crippen LogP) is 1.01. The smallest absolute Gasteiger partial charge is 0.234 e. The molecule has 0 aliphatic heterocycles. The molecule has 14 heavy (non-hydrogen) atoms. The van der Waals surface area contributed by atoms with Crippen LogP contribution in [-0.2, 0) is 11.2 Å². The number of nitrogens with one attached hydrogen (secondary N) is 2. The van der Waals surface area contributed by atoms with Gasteiger partial charge in [-0.3, -0.25) is 9.89 Å². The molecule has 0 radical (unpaired) electrons. The Kier molecular flexibility index (Phi) is 4.46. The van der Waals surface area contributed by atoms with E-state index in [1.165, 1.54) is 5.56 Å². The third-order valence-electron chi connectivity index (χ3n) is 2.00. The van der Waals surface area contributed by atoms with Crippen molar-refractivity contribution in [1.29, 1.82) is 0 Å². The van der Waals surface area contributed by atoms with E-state index in [1.807, 2.05) is 13.1 Å². The standard InChI is InChI=1S/C9H14ClN3O/c1-7-8(6-12-13-7)3-2-4-11-9(14)5-10/h6H,2-5H2,1H3,(H,11,14)(H,12,13). The molecule has 0 saturated heterocycles. The van der Waals surface area contributed by atoms with Crippen LogP contribution in [0.5, 0.6) is 0 Å². The molecule has 78 valence electrons. The van der Waals surface area contributed by atoms with Gasteiger partial charge in [-0.2, -0.15) is 5.10 Å². The topological polar surface area (TPSA) is 57.8 Å². The van der Waals surface area contributed by atoms with Crippen LogP contribution in [0.25, 0.3) is 0 Å². The monoisotopic (exact) mass is 215 g/mol. The highest BCUT2D eigenvalue weighted by Crippen LogP contribution is 2.04. The molecule has 1 rings (SSSR count). The maximum Gasteiger partial charge on any atom is 0.234 e. The number of aromatic nitrogens is 2. The van der Waals surface area contributed by atoms with Crippen LogP contribution in [0.3, 0.4) is 0 Å². The van der Waals surface area contributed by atoms with Gasteiger partial charge < -0.3 is 5.32 Å². The minimum atomic E-state index is -0.115. The Morgan fingerprint density at radius 1 is 1.71 bits per heavy atom. The highest BCUT2D eigenvalue weighted by molar-refractivity contribution is 6.27. The molecule has 0 unspecified atom stereocenters. The van der Waals surface area contributed by atoms with E-state index < -0.39 is 0 Å². The summed E-state index contributed by atoms with van der Waals surface area (Å²) in [6.07, 6.45) is 3.65. The van der Waals surface area contributed by atoms with E-state index >= 15 is 0 Å². The van der Waals surface area contributed by atoms with Crippen molar-refractivity contribution in [1.82, 2.24) is 15.5 Å². The van der Waals surface area contributed by atoms with Crippen molar-refractivity contribution < 1.29 is 4.79 Å². The first-order valence-electron chi connectivity index (χ1n) is 4.55. The zero-order chi connectivity index (χ0) is 10.4. The Hall–Kier alpha value is -1.03. The molecular weight excluding hydrogens is 202 g/mol. The summed E-state index contributed by atoms with van der Waals surface area (Å²) < 4.78 is 0. The fourth-order valence-corrected chi connectivity index (χ4v) is 1.28. The minimum Gasteiger partial charge on any atom is -0.355 e. The van der Waals surface area contributed by atoms with Gasteiger partial charge in [0, 0.05) is 12.2 Å². The zero-order valence-electron chi connectivity index (χ0n) is 8.14. The molecule has 0 aliphatic carbocycles. The number of nitrogens with zero attached hydrogens (tertiary/aromatic N) is 1. The van der Waals surface area contributed by atoms with E-state index in [0.29, 0.717) is 6.54 Å².